The van der Waals surface area contributed by atoms with Crippen LogP contribution < -0.4 is 10.6 Å². The lowest BCUT2D eigenvalue weighted by molar-refractivity contribution is 0.0136. The Kier molecular flexibility index (Phi) is 3.42. The standard InChI is InChI=1S/C13H20N4O2/c1-9-7-10(3-6-19-9)15-12(18)11-8-17-5-2-4-14-13(17)16-11/h8-10H,2-7H2,1H3,(H,14,16)(H,15,18). The molecule has 1 saturated heterocycles. The second kappa shape index (κ2) is 5.21. The van der Waals surface area contributed by atoms with E-state index >= 15 is 0 Å². The van der Waals surface area contributed by atoms with Crippen molar-refractivity contribution in [2.75, 3.05) is 18.5 Å². The fourth-order valence-electron chi connectivity index (χ4n) is 2.67. The van der Waals surface area contributed by atoms with Crippen molar-refractivity contribution in [2.45, 2.75) is 44.9 Å². The quantitative estimate of drug-likeness (QED) is 0.836. The molecule has 1 fully saturated rings. The van der Waals surface area contributed by atoms with Gasteiger partial charge in [-0.1, -0.05) is 0 Å². The molecule has 0 aliphatic carbocycles. The Balaban J connectivity index is 1.65. The normalized spacial score (nSPS) is 26.4. The van der Waals surface area contributed by atoms with Gasteiger partial charge in [0.2, 0.25) is 5.95 Å². The number of aryl methyl sites for hydroxylation is 1. The Labute approximate surface area is 112 Å². The van der Waals surface area contributed by atoms with Crippen LogP contribution in [0.3, 0.4) is 0 Å². The zero-order chi connectivity index (χ0) is 13.2. The second-order valence-electron chi connectivity index (χ2n) is 5.30. The number of hydrogen-bond acceptors (Lipinski definition) is 4. The summed E-state index contributed by atoms with van der Waals surface area (Å²) in [5.41, 5.74) is 0.503. The highest BCUT2D eigenvalue weighted by molar-refractivity contribution is 5.92. The van der Waals surface area contributed by atoms with Gasteiger partial charge in [0, 0.05) is 31.9 Å². The van der Waals surface area contributed by atoms with Crippen molar-refractivity contribution in [2.24, 2.45) is 0 Å². The number of anilines is 1. The monoisotopic (exact) mass is 264 g/mol. The van der Waals surface area contributed by atoms with E-state index in [0.29, 0.717) is 12.3 Å². The molecule has 0 spiro atoms. The van der Waals surface area contributed by atoms with E-state index in [-0.39, 0.29) is 18.1 Å². The summed E-state index contributed by atoms with van der Waals surface area (Å²) in [6.07, 6.45) is 4.87. The third-order valence-corrected chi connectivity index (χ3v) is 3.69. The van der Waals surface area contributed by atoms with Crippen molar-refractivity contribution in [3.8, 4) is 0 Å². The van der Waals surface area contributed by atoms with Crippen molar-refractivity contribution in [1.29, 1.82) is 0 Å². The zero-order valence-corrected chi connectivity index (χ0v) is 11.2. The Morgan fingerprint density at radius 1 is 1.63 bits per heavy atom. The third-order valence-electron chi connectivity index (χ3n) is 3.69. The van der Waals surface area contributed by atoms with Gasteiger partial charge in [-0.25, -0.2) is 4.98 Å². The molecule has 2 N–H and O–H groups in total. The molecular weight excluding hydrogens is 244 g/mol. The SMILES string of the molecule is CC1CC(NC(=O)c2cn3c(n2)NCCC3)CCO1. The van der Waals surface area contributed by atoms with Gasteiger partial charge in [-0.2, -0.15) is 0 Å². The molecule has 2 aliphatic rings. The summed E-state index contributed by atoms with van der Waals surface area (Å²) in [5.74, 6) is 0.722. The summed E-state index contributed by atoms with van der Waals surface area (Å²) in [4.78, 5) is 16.5. The average molecular weight is 264 g/mol. The molecule has 6 nitrogen and oxygen atoms in total. The van der Waals surface area contributed by atoms with Crippen molar-refractivity contribution in [1.82, 2.24) is 14.9 Å². The van der Waals surface area contributed by atoms with E-state index in [1.165, 1.54) is 0 Å². The molecule has 104 valence electrons. The first-order valence-electron chi connectivity index (χ1n) is 6.96. The zero-order valence-electron chi connectivity index (χ0n) is 11.2. The molecule has 2 unspecified atom stereocenters. The molecule has 1 aromatic rings. The van der Waals surface area contributed by atoms with Gasteiger partial charge < -0.3 is 19.9 Å². The van der Waals surface area contributed by atoms with Crippen molar-refractivity contribution in [3.63, 3.8) is 0 Å². The highest BCUT2D eigenvalue weighted by Gasteiger charge is 2.23. The van der Waals surface area contributed by atoms with E-state index in [0.717, 1.165) is 38.3 Å². The van der Waals surface area contributed by atoms with Crippen LogP contribution in [0.25, 0.3) is 0 Å². The first-order chi connectivity index (χ1) is 9.22. The molecule has 2 atom stereocenters. The van der Waals surface area contributed by atoms with Gasteiger partial charge in [0.1, 0.15) is 5.69 Å². The van der Waals surface area contributed by atoms with Gasteiger partial charge in [0.15, 0.2) is 0 Å². The predicted molar refractivity (Wildman–Crippen MR) is 71.2 cm³/mol. The van der Waals surface area contributed by atoms with Crippen LogP contribution in [-0.2, 0) is 11.3 Å². The third kappa shape index (κ3) is 2.73. The summed E-state index contributed by atoms with van der Waals surface area (Å²) in [5, 5.41) is 6.25. The van der Waals surface area contributed by atoms with Crippen LogP contribution in [0.5, 0.6) is 0 Å². The minimum absolute atomic E-state index is 0.0807. The number of aromatic nitrogens is 2. The van der Waals surface area contributed by atoms with Crippen LogP contribution in [-0.4, -0.2) is 40.8 Å². The van der Waals surface area contributed by atoms with Gasteiger partial charge in [0.25, 0.3) is 5.91 Å². The lowest BCUT2D eigenvalue weighted by Crippen LogP contribution is -2.41. The fraction of sp³-hybridized carbons (Fsp3) is 0.692. The molecule has 1 aromatic heterocycles. The molecule has 6 heteroatoms. The molecule has 0 bridgehead atoms. The van der Waals surface area contributed by atoms with Crippen LogP contribution in [0.2, 0.25) is 0 Å². The molecule has 0 aromatic carbocycles. The van der Waals surface area contributed by atoms with Gasteiger partial charge in [-0.05, 0) is 26.2 Å². The smallest absolute Gasteiger partial charge is 0.271 e. The minimum Gasteiger partial charge on any atom is -0.378 e. The fourth-order valence-corrected chi connectivity index (χ4v) is 2.67. The molecule has 2 aliphatic heterocycles. The summed E-state index contributed by atoms with van der Waals surface area (Å²) < 4.78 is 7.49. The molecule has 19 heavy (non-hydrogen) atoms. The summed E-state index contributed by atoms with van der Waals surface area (Å²) in [6, 6.07) is 0.197. The number of nitrogens with zero attached hydrogens (tertiary/aromatic N) is 2. The van der Waals surface area contributed by atoms with Crippen LogP contribution >= 0.6 is 0 Å². The number of carbonyl (C=O) groups is 1. The molecule has 1 amide bonds. The van der Waals surface area contributed by atoms with E-state index in [1.807, 2.05) is 17.7 Å². The average Bonchev–Trinajstić information content (AvgIpc) is 2.82. The van der Waals surface area contributed by atoms with Gasteiger partial charge in [0.05, 0.1) is 6.10 Å². The lowest BCUT2D eigenvalue weighted by Gasteiger charge is -2.27. The van der Waals surface area contributed by atoms with Crippen molar-refractivity contribution in [3.05, 3.63) is 11.9 Å². The second-order valence-corrected chi connectivity index (χ2v) is 5.30. The topological polar surface area (TPSA) is 68.2 Å². The Bertz CT molecular complexity index is 448. The van der Waals surface area contributed by atoms with Crippen molar-refractivity contribution >= 4 is 11.9 Å². The number of carbonyl (C=O) groups excluding carboxylic acids is 1. The van der Waals surface area contributed by atoms with E-state index in [2.05, 4.69) is 15.6 Å². The Morgan fingerprint density at radius 3 is 3.32 bits per heavy atom. The van der Waals surface area contributed by atoms with Gasteiger partial charge in [-0.15, -0.1) is 0 Å². The van der Waals surface area contributed by atoms with Gasteiger partial charge in [-0.3, -0.25) is 4.79 Å². The summed E-state index contributed by atoms with van der Waals surface area (Å²) >= 11 is 0. The molecule has 3 heterocycles. The maximum atomic E-state index is 12.2. The number of amides is 1. The highest BCUT2D eigenvalue weighted by Crippen LogP contribution is 2.16. The van der Waals surface area contributed by atoms with Crippen LogP contribution in [0.1, 0.15) is 36.7 Å². The number of fused-ring (bicyclic) bond motifs is 1. The lowest BCUT2D eigenvalue weighted by atomic mass is 10.0. The van der Waals surface area contributed by atoms with Crippen LogP contribution in [0.15, 0.2) is 6.20 Å². The Hall–Kier alpha value is -1.56. The first-order valence-corrected chi connectivity index (χ1v) is 6.96. The van der Waals surface area contributed by atoms with E-state index in [9.17, 15) is 4.79 Å². The molecule has 0 radical (unpaired) electrons. The maximum absolute atomic E-state index is 12.2. The van der Waals surface area contributed by atoms with E-state index in [1.54, 1.807) is 0 Å². The number of nitrogens with one attached hydrogen (secondary N) is 2. The number of hydrogen-bond donors (Lipinski definition) is 2. The first kappa shape index (κ1) is 12.5. The highest BCUT2D eigenvalue weighted by atomic mass is 16.5. The number of imidazole rings is 1. The number of ether oxygens (including phenoxy) is 1. The summed E-state index contributed by atoms with van der Waals surface area (Å²) in [6.45, 7) is 4.61. The van der Waals surface area contributed by atoms with Crippen LogP contribution in [0.4, 0.5) is 5.95 Å². The van der Waals surface area contributed by atoms with Crippen LogP contribution in [0, 0.1) is 0 Å². The Morgan fingerprint density at radius 2 is 2.53 bits per heavy atom. The van der Waals surface area contributed by atoms with E-state index in [4.69, 9.17) is 4.74 Å². The molecule has 3 rings (SSSR count). The minimum atomic E-state index is -0.0807. The van der Waals surface area contributed by atoms with E-state index < -0.39 is 0 Å². The molecular formula is C13H20N4O2. The van der Waals surface area contributed by atoms with Crippen molar-refractivity contribution < 1.29 is 9.53 Å². The number of rotatable bonds is 2. The largest absolute Gasteiger partial charge is 0.378 e. The molecule has 0 saturated carbocycles. The predicted octanol–water partition coefficient (Wildman–Crippen LogP) is 0.996. The summed E-state index contributed by atoms with van der Waals surface area (Å²) in [7, 11) is 0. The van der Waals surface area contributed by atoms with Gasteiger partial charge >= 0.3 is 0 Å². The maximum Gasteiger partial charge on any atom is 0.271 e.